The Balaban J connectivity index is 2.13. The number of nitrogens with two attached hydrogens (primary N) is 1. The smallest absolute Gasteiger partial charge is 0.123 e. The third-order valence-electron chi connectivity index (χ3n) is 2.73. The molecule has 0 aliphatic heterocycles. The van der Waals surface area contributed by atoms with E-state index in [2.05, 4.69) is 4.90 Å². The predicted octanol–water partition coefficient (Wildman–Crippen LogP) is 3.29. The molecule has 1 aromatic heterocycles. The first-order chi connectivity index (χ1) is 8.79. The number of rotatable bonds is 6. The highest BCUT2D eigenvalue weighted by atomic mass is 35.5. The zero-order valence-corrected chi connectivity index (χ0v) is 10.9. The first-order valence-electron chi connectivity index (χ1n) is 6.02. The molecule has 0 amide bonds. The SMILES string of the molecule is NCCCN(Cc1ccco1)c1cccc(Cl)c1. The molecule has 0 saturated carbocycles. The van der Waals surface area contributed by atoms with Crippen molar-refractivity contribution in [3.05, 3.63) is 53.4 Å². The molecule has 0 unspecified atom stereocenters. The molecule has 1 aromatic carbocycles. The van der Waals surface area contributed by atoms with Crippen molar-refractivity contribution in [2.24, 2.45) is 5.73 Å². The molecule has 2 rings (SSSR count). The molecule has 18 heavy (non-hydrogen) atoms. The second kappa shape index (κ2) is 6.47. The first-order valence-corrected chi connectivity index (χ1v) is 6.40. The monoisotopic (exact) mass is 264 g/mol. The van der Waals surface area contributed by atoms with Crippen LogP contribution in [0.25, 0.3) is 0 Å². The van der Waals surface area contributed by atoms with Gasteiger partial charge in [0, 0.05) is 17.3 Å². The lowest BCUT2D eigenvalue weighted by Gasteiger charge is -2.23. The minimum Gasteiger partial charge on any atom is -0.467 e. The minimum absolute atomic E-state index is 0.676. The maximum atomic E-state index is 6.03. The van der Waals surface area contributed by atoms with Gasteiger partial charge in [-0.2, -0.15) is 0 Å². The van der Waals surface area contributed by atoms with E-state index in [9.17, 15) is 0 Å². The molecule has 0 fully saturated rings. The van der Waals surface area contributed by atoms with E-state index in [0.29, 0.717) is 6.54 Å². The van der Waals surface area contributed by atoms with Crippen molar-refractivity contribution in [3.8, 4) is 0 Å². The van der Waals surface area contributed by atoms with Gasteiger partial charge in [-0.25, -0.2) is 0 Å². The summed E-state index contributed by atoms with van der Waals surface area (Å²) in [6.45, 7) is 2.29. The Bertz CT molecular complexity index is 470. The summed E-state index contributed by atoms with van der Waals surface area (Å²) in [7, 11) is 0. The normalized spacial score (nSPS) is 10.6. The molecule has 2 aromatic rings. The molecule has 3 nitrogen and oxygen atoms in total. The fourth-order valence-electron chi connectivity index (χ4n) is 1.85. The molecule has 0 bridgehead atoms. The Hall–Kier alpha value is -1.45. The molecular formula is C14H17ClN2O. The van der Waals surface area contributed by atoms with E-state index in [0.717, 1.165) is 36.0 Å². The first kappa shape index (κ1) is 13.0. The van der Waals surface area contributed by atoms with Gasteiger partial charge in [0.15, 0.2) is 0 Å². The van der Waals surface area contributed by atoms with Crippen molar-refractivity contribution in [2.45, 2.75) is 13.0 Å². The zero-order chi connectivity index (χ0) is 12.8. The van der Waals surface area contributed by atoms with Crippen LogP contribution in [0.2, 0.25) is 5.02 Å². The van der Waals surface area contributed by atoms with E-state index in [1.807, 2.05) is 36.4 Å². The second-order valence-corrected chi connectivity index (χ2v) is 4.56. The Morgan fingerprint density at radius 3 is 2.78 bits per heavy atom. The summed E-state index contributed by atoms with van der Waals surface area (Å²) in [5, 5.41) is 0.740. The molecule has 0 aliphatic rings. The van der Waals surface area contributed by atoms with E-state index < -0.39 is 0 Å². The average Bonchev–Trinajstić information content (AvgIpc) is 2.87. The zero-order valence-electron chi connectivity index (χ0n) is 10.2. The fraction of sp³-hybridized carbons (Fsp3) is 0.286. The van der Waals surface area contributed by atoms with Crippen LogP contribution in [0.5, 0.6) is 0 Å². The summed E-state index contributed by atoms with van der Waals surface area (Å²) in [6, 6.07) is 11.7. The van der Waals surface area contributed by atoms with E-state index in [-0.39, 0.29) is 0 Å². The van der Waals surface area contributed by atoms with E-state index in [1.165, 1.54) is 0 Å². The van der Waals surface area contributed by atoms with Crippen LogP contribution < -0.4 is 10.6 Å². The van der Waals surface area contributed by atoms with Crippen LogP contribution in [0.15, 0.2) is 47.1 Å². The molecule has 0 spiro atoms. The largest absolute Gasteiger partial charge is 0.467 e. The topological polar surface area (TPSA) is 42.4 Å². The van der Waals surface area contributed by atoms with Crippen molar-refractivity contribution in [1.29, 1.82) is 0 Å². The Labute approximate surface area is 112 Å². The summed E-state index contributed by atoms with van der Waals surface area (Å²) in [5.74, 6) is 0.937. The van der Waals surface area contributed by atoms with Crippen LogP contribution in [-0.2, 0) is 6.54 Å². The van der Waals surface area contributed by atoms with Gasteiger partial charge in [0.25, 0.3) is 0 Å². The van der Waals surface area contributed by atoms with Gasteiger partial charge >= 0.3 is 0 Å². The standard InChI is InChI=1S/C14H17ClN2O/c15-12-4-1-5-13(10-12)17(8-3-7-16)11-14-6-2-9-18-14/h1-2,4-6,9-10H,3,7-8,11,16H2. The minimum atomic E-state index is 0.676. The molecular weight excluding hydrogens is 248 g/mol. The van der Waals surface area contributed by atoms with Crippen LogP contribution in [0, 0.1) is 0 Å². The van der Waals surface area contributed by atoms with Crippen molar-refractivity contribution in [3.63, 3.8) is 0 Å². The molecule has 0 aliphatic carbocycles. The Kier molecular flexibility index (Phi) is 4.67. The summed E-state index contributed by atoms with van der Waals surface area (Å²) >= 11 is 6.03. The maximum absolute atomic E-state index is 6.03. The number of benzene rings is 1. The van der Waals surface area contributed by atoms with Gasteiger partial charge in [0.2, 0.25) is 0 Å². The number of hydrogen-bond acceptors (Lipinski definition) is 3. The highest BCUT2D eigenvalue weighted by molar-refractivity contribution is 6.30. The molecule has 0 radical (unpaired) electrons. The van der Waals surface area contributed by atoms with Crippen LogP contribution in [-0.4, -0.2) is 13.1 Å². The lowest BCUT2D eigenvalue weighted by Crippen LogP contribution is -2.25. The van der Waals surface area contributed by atoms with Crippen molar-refractivity contribution in [2.75, 3.05) is 18.0 Å². The van der Waals surface area contributed by atoms with Crippen LogP contribution in [0.3, 0.4) is 0 Å². The van der Waals surface area contributed by atoms with Crippen LogP contribution in [0.4, 0.5) is 5.69 Å². The highest BCUT2D eigenvalue weighted by Crippen LogP contribution is 2.21. The van der Waals surface area contributed by atoms with Gasteiger partial charge in [-0.05, 0) is 43.3 Å². The summed E-state index contributed by atoms with van der Waals surface area (Å²) in [6.07, 6.45) is 2.63. The third-order valence-corrected chi connectivity index (χ3v) is 2.97. The summed E-state index contributed by atoms with van der Waals surface area (Å²) in [4.78, 5) is 2.22. The van der Waals surface area contributed by atoms with E-state index in [4.69, 9.17) is 21.8 Å². The van der Waals surface area contributed by atoms with Gasteiger partial charge in [-0.1, -0.05) is 17.7 Å². The molecule has 1 heterocycles. The fourth-order valence-corrected chi connectivity index (χ4v) is 2.03. The number of hydrogen-bond donors (Lipinski definition) is 1. The van der Waals surface area contributed by atoms with Crippen molar-refractivity contribution < 1.29 is 4.42 Å². The highest BCUT2D eigenvalue weighted by Gasteiger charge is 2.09. The Morgan fingerprint density at radius 1 is 1.22 bits per heavy atom. The lowest BCUT2D eigenvalue weighted by molar-refractivity contribution is 0.501. The predicted molar refractivity (Wildman–Crippen MR) is 74.9 cm³/mol. The van der Waals surface area contributed by atoms with Gasteiger partial charge in [-0.3, -0.25) is 0 Å². The van der Waals surface area contributed by atoms with E-state index >= 15 is 0 Å². The molecule has 0 atom stereocenters. The summed E-state index contributed by atoms with van der Waals surface area (Å²) in [5.41, 5.74) is 6.67. The quantitative estimate of drug-likeness (QED) is 0.871. The summed E-state index contributed by atoms with van der Waals surface area (Å²) < 4.78 is 5.39. The number of halogens is 1. The molecule has 4 heteroatoms. The second-order valence-electron chi connectivity index (χ2n) is 4.12. The lowest BCUT2D eigenvalue weighted by atomic mass is 10.2. The number of anilines is 1. The van der Waals surface area contributed by atoms with Crippen LogP contribution >= 0.6 is 11.6 Å². The van der Waals surface area contributed by atoms with Gasteiger partial charge in [-0.15, -0.1) is 0 Å². The van der Waals surface area contributed by atoms with Gasteiger partial charge in [0.05, 0.1) is 12.8 Å². The Morgan fingerprint density at radius 2 is 2.11 bits per heavy atom. The molecule has 2 N–H and O–H groups in total. The average molecular weight is 265 g/mol. The van der Waals surface area contributed by atoms with E-state index in [1.54, 1.807) is 6.26 Å². The number of nitrogens with zero attached hydrogens (tertiary/aromatic N) is 1. The van der Waals surface area contributed by atoms with Gasteiger partial charge in [0.1, 0.15) is 5.76 Å². The van der Waals surface area contributed by atoms with Gasteiger partial charge < -0.3 is 15.1 Å². The molecule has 96 valence electrons. The maximum Gasteiger partial charge on any atom is 0.123 e. The van der Waals surface area contributed by atoms with Crippen molar-refractivity contribution in [1.82, 2.24) is 0 Å². The van der Waals surface area contributed by atoms with Crippen LogP contribution in [0.1, 0.15) is 12.2 Å². The number of furan rings is 1. The molecule has 0 saturated heterocycles. The third kappa shape index (κ3) is 3.52. The van der Waals surface area contributed by atoms with Crippen molar-refractivity contribution >= 4 is 17.3 Å².